The second-order valence-electron chi connectivity index (χ2n) is 8.60. The van der Waals surface area contributed by atoms with E-state index in [4.69, 9.17) is 9.47 Å². The van der Waals surface area contributed by atoms with Crippen LogP contribution in [0.2, 0.25) is 0 Å². The van der Waals surface area contributed by atoms with Crippen LogP contribution in [0.4, 0.5) is 25.0 Å². The van der Waals surface area contributed by atoms with E-state index in [9.17, 15) is 18.4 Å². The number of hydrogen-bond acceptors (Lipinski definition) is 5. The first kappa shape index (κ1) is 18.6. The number of cyclic esters (lactones) is 1. The second-order valence-corrected chi connectivity index (χ2v) is 8.60. The van der Waals surface area contributed by atoms with Crippen molar-refractivity contribution in [2.24, 2.45) is 11.3 Å². The van der Waals surface area contributed by atoms with E-state index < -0.39 is 23.8 Å². The maximum absolute atomic E-state index is 14.7. The van der Waals surface area contributed by atoms with Crippen molar-refractivity contribution in [1.82, 2.24) is 5.32 Å². The lowest BCUT2D eigenvalue weighted by atomic mass is 9.77. The minimum absolute atomic E-state index is 0.0311. The summed E-state index contributed by atoms with van der Waals surface area (Å²) in [6.45, 7) is 2.71. The average molecular weight is 407 g/mol. The SMILES string of the molecule is O=C(NCC1CN(c2cc(F)c(N3CC4(COC4)C3)c(F)c2)C(=O)O1)C1CCC1. The molecule has 1 atom stereocenters. The summed E-state index contributed by atoms with van der Waals surface area (Å²) in [5.41, 5.74) is 0.0833. The van der Waals surface area contributed by atoms with Crippen LogP contribution in [0.25, 0.3) is 0 Å². The molecule has 4 aliphatic rings. The lowest BCUT2D eigenvalue weighted by molar-refractivity contribution is -0.127. The van der Waals surface area contributed by atoms with E-state index in [0.717, 1.165) is 31.4 Å². The molecule has 1 spiro atoms. The molecule has 4 fully saturated rings. The van der Waals surface area contributed by atoms with Crippen molar-refractivity contribution in [2.75, 3.05) is 49.2 Å². The van der Waals surface area contributed by atoms with Crippen LogP contribution in [-0.4, -0.2) is 57.5 Å². The summed E-state index contributed by atoms with van der Waals surface area (Å²) in [5, 5.41) is 2.79. The highest BCUT2D eigenvalue weighted by molar-refractivity contribution is 5.90. The highest BCUT2D eigenvalue weighted by Crippen LogP contribution is 2.42. The molecular formula is C20H23F2N3O4. The van der Waals surface area contributed by atoms with Crippen molar-refractivity contribution in [1.29, 1.82) is 0 Å². The van der Waals surface area contributed by atoms with Crippen molar-refractivity contribution >= 4 is 23.4 Å². The molecule has 3 heterocycles. The van der Waals surface area contributed by atoms with Gasteiger partial charge in [0, 0.05) is 31.1 Å². The van der Waals surface area contributed by atoms with Crippen LogP contribution in [0, 0.1) is 23.0 Å². The summed E-state index contributed by atoms with van der Waals surface area (Å²) in [5.74, 6) is -1.39. The number of anilines is 2. The van der Waals surface area contributed by atoms with Crippen LogP contribution < -0.4 is 15.1 Å². The molecule has 9 heteroatoms. The highest BCUT2D eigenvalue weighted by Gasteiger charge is 2.50. The summed E-state index contributed by atoms with van der Waals surface area (Å²) >= 11 is 0. The number of carbonyl (C=O) groups excluding carboxylic acids is 2. The first-order valence-electron chi connectivity index (χ1n) is 10.0. The van der Waals surface area contributed by atoms with Gasteiger partial charge in [-0.15, -0.1) is 0 Å². The molecule has 0 bridgehead atoms. The summed E-state index contributed by atoms with van der Waals surface area (Å²) < 4.78 is 39.8. The van der Waals surface area contributed by atoms with Gasteiger partial charge in [-0.2, -0.15) is 0 Å². The zero-order valence-corrected chi connectivity index (χ0v) is 16.0. The van der Waals surface area contributed by atoms with Crippen molar-refractivity contribution in [3.05, 3.63) is 23.8 Å². The van der Waals surface area contributed by atoms with Crippen molar-refractivity contribution in [3.63, 3.8) is 0 Å². The molecule has 1 aromatic carbocycles. The summed E-state index contributed by atoms with van der Waals surface area (Å²) in [7, 11) is 0. The van der Waals surface area contributed by atoms with E-state index in [1.54, 1.807) is 4.90 Å². The molecule has 156 valence electrons. The molecule has 1 aliphatic carbocycles. The van der Waals surface area contributed by atoms with Crippen LogP contribution in [0.15, 0.2) is 12.1 Å². The fourth-order valence-electron chi connectivity index (χ4n) is 4.37. The van der Waals surface area contributed by atoms with Crippen molar-refractivity contribution < 1.29 is 27.8 Å². The normalized spacial score (nSPS) is 25.3. The predicted molar refractivity (Wildman–Crippen MR) is 99.8 cm³/mol. The van der Waals surface area contributed by atoms with Crippen LogP contribution >= 0.6 is 0 Å². The first-order chi connectivity index (χ1) is 13.9. The number of nitrogens with zero attached hydrogens (tertiary/aromatic N) is 2. The number of halogens is 2. The van der Waals surface area contributed by atoms with E-state index in [1.165, 1.54) is 4.90 Å². The predicted octanol–water partition coefficient (Wildman–Crippen LogP) is 2.04. The van der Waals surface area contributed by atoms with Crippen LogP contribution in [-0.2, 0) is 14.3 Å². The lowest BCUT2D eigenvalue weighted by Gasteiger charge is -2.56. The van der Waals surface area contributed by atoms with Gasteiger partial charge in [0.05, 0.1) is 37.4 Å². The van der Waals surface area contributed by atoms with Gasteiger partial charge in [0.25, 0.3) is 0 Å². The Balaban J connectivity index is 1.23. The van der Waals surface area contributed by atoms with Gasteiger partial charge < -0.3 is 19.7 Å². The summed E-state index contributed by atoms with van der Waals surface area (Å²) in [4.78, 5) is 27.0. The summed E-state index contributed by atoms with van der Waals surface area (Å²) in [6.07, 6.45) is 1.61. The quantitative estimate of drug-likeness (QED) is 0.809. The number of rotatable bonds is 5. The van der Waals surface area contributed by atoms with Gasteiger partial charge in [0.2, 0.25) is 5.91 Å². The van der Waals surface area contributed by atoms with Crippen molar-refractivity contribution in [2.45, 2.75) is 25.4 Å². The van der Waals surface area contributed by atoms with E-state index in [2.05, 4.69) is 5.32 Å². The molecule has 3 aliphatic heterocycles. The Morgan fingerprint density at radius 2 is 1.90 bits per heavy atom. The van der Waals surface area contributed by atoms with E-state index in [1.807, 2.05) is 0 Å². The minimum Gasteiger partial charge on any atom is -0.442 e. The maximum atomic E-state index is 14.7. The molecule has 2 amide bonds. The Hall–Kier alpha value is -2.42. The fourth-order valence-corrected chi connectivity index (χ4v) is 4.37. The number of hydrogen-bond donors (Lipinski definition) is 1. The number of ether oxygens (including phenoxy) is 2. The Morgan fingerprint density at radius 1 is 1.21 bits per heavy atom. The number of nitrogens with one attached hydrogen (secondary N) is 1. The van der Waals surface area contributed by atoms with Gasteiger partial charge >= 0.3 is 6.09 Å². The molecule has 1 saturated carbocycles. The Morgan fingerprint density at radius 3 is 2.45 bits per heavy atom. The van der Waals surface area contributed by atoms with Gasteiger partial charge in [-0.05, 0) is 12.8 Å². The van der Waals surface area contributed by atoms with Crippen LogP contribution in [0.1, 0.15) is 19.3 Å². The average Bonchev–Trinajstić information content (AvgIpc) is 2.91. The van der Waals surface area contributed by atoms with Gasteiger partial charge in [-0.25, -0.2) is 13.6 Å². The van der Waals surface area contributed by atoms with E-state index >= 15 is 0 Å². The topological polar surface area (TPSA) is 71.1 Å². The molecular weight excluding hydrogens is 384 g/mol. The zero-order chi connectivity index (χ0) is 20.2. The molecule has 1 unspecified atom stereocenters. The largest absolute Gasteiger partial charge is 0.442 e. The molecule has 0 radical (unpaired) electrons. The molecule has 1 aromatic rings. The highest BCUT2D eigenvalue weighted by atomic mass is 19.1. The van der Waals surface area contributed by atoms with Crippen LogP contribution in [0.3, 0.4) is 0 Å². The molecule has 3 saturated heterocycles. The first-order valence-corrected chi connectivity index (χ1v) is 10.0. The number of carbonyl (C=O) groups is 2. The Kier molecular flexibility index (Phi) is 4.38. The molecule has 7 nitrogen and oxygen atoms in total. The smallest absolute Gasteiger partial charge is 0.414 e. The van der Waals surface area contributed by atoms with Gasteiger partial charge in [-0.1, -0.05) is 6.42 Å². The molecule has 5 rings (SSSR count). The van der Waals surface area contributed by atoms with E-state index in [0.29, 0.717) is 26.3 Å². The molecule has 29 heavy (non-hydrogen) atoms. The lowest BCUT2D eigenvalue weighted by Crippen LogP contribution is -2.66. The van der Waals surface area contributed by atoms with Crippen LogP contribution in [0.5, 0.6) is 0 Å². The fraction of sp³-hybridized carbons (Fsp3) is 0.600. The van der Waals surface area contributed by atoms with Gasteiger partial charge in [-0.3, -0.25) is 9.69 Å². The van der Waals surface area contributed by atoms with E-state index in [-0.39, 0.29) is 41.7 Å². The second kappa shape index (κ2) is 6.83. The third kappa shape index (κ3) is 3.21. The maximum Gasteiger partial charge on any atom is 0.414 e. The summed E-state index contributed by atoms with van der Waals surface area (Å²) in [6, 6.07) is 2.33. The third-order valence-corrected chi connectivity index (χ3v) is 6.35. The standard InChI is InChI=1S/C20H23F2N3O4/c21-15-4-13(5-16(22)17(15)24-8-20(9-24)10-28-11-20)25-7-14(29-19(25)27)6-23-18(26)12-2-1-3-12/h4-5,12,14H,1-3,6-11H2,(H,23,26). The third-order valence-electron chi connectivity index (χ3n) is 6.35. The van der Waals surface area contributed by atoms with Crippen molar-refractivity contribution in [3.8, 4) is 0 Å². The Labute approximate surface area is 166 Å². The van der Waals surface area contributed by atoms with Gasteiger partial charge in [0.15, 0.2) is 11.6 Å². The number of amides is 2. The zero-order valence-electron chi connectivity index (χ0n) is 16.0. The Bertz CT molecular complexity index is 825. The number of benzene rings is 1. The molecule has 1 N–H and O–H groups in total. The monoisotopic (exact) mass is 407 g/mol. The minimum atomic E-state index is -0.704. The molecule has 0 aromatic heterocycles. The van der Waals surface area contributed by atoms with Gasteiger partial charge in [0.1, 0.15) is 11.8 Å².